The summed E-state index contributed by atoms with van der Waals surface area (Å²) in [4.78, 5) is 26.5. The van der Waals surface area contributed by atoms with Crippen molar-refractivity contribution in [1.29, 1.82) is 0 Å². The molecule has 0 aliphatic carbocycles. The van der Waals surface area contributed by atoms with E-state index in [4.69, 9.17) is 14.2 Å². The van der Waals surface area contributed by atoms with E-state index >= 15 is 0 Å². The van der Waals surface area contributed by atoms with Gasteiger partial charge in [0.05, 0.1) is 25.4 Å². The standard InChI is InChI=1S/C68H121NO10/c1-4-7-10-13-16-19-22-25-26-27-28-29-30-31-32-33-34-35-38-40-43-46-49-52-55-61(72)67(76)69-59(60(71)54-51-48-45-42-39-36-23-20-17-14-11-8-5-2)58-77-68-66(65(75)64(74)62(57-70)78-68)79-63(73)56-53-50-47-44-41-37-24-21-18-15-12-9-6-3/h9,12,15,18,21,24,37,41,44,47,51,54,59-62,64-66,68,70-72,74-75H,4-8,10-11,13-14,16-17,19-20,22-23,25-36,38-40,42-43,45-46,48-50,52-53,55-58H2,1-3H3,(H,69,76)/b12-9+,18-15+,24-21-,41-37-,47-44+,54-51+. The fourth-order valence-corrected chi connectivity index (χ4v) is 10.1. The van der Waals surface area contributed by atoms with Crippen molar-refractivity contribution < 1.29 is 49.3 Å². The minimum absolute atomic E-state index is 0.0261. The second kappa shape index (κ2) is 55.6. The lowest BCUT2D eigenvalue weighted by Gasteiger charge is -2.41. The normalized spacial score (nSPS) is 19.3. The van der Waals surface area contributed by atoms with Gasteiger partial charge in [-0.15, -0.1) is 0 Å². The minimum atomic E-state index is -1.64. The van der Waals surface area contributed by atoms with E-state index in [-0.39, 0.29) is 19.4 Å². The minimum Gasteiger partial charge on any atom is -0.454 e. The molecular weight excluding hydrogens is 991 g/mol. The lowest BCUT2D eigenvalue weighted by Crippen LogP contribution is -2.61. The van der Waals surface area contributed by atoms with Crippen molar-refractivity contribution in [3.05, 3.63) is 72.9 Å². The maximum Gasteiger partial charge on any atom is 0.306 e. The number of ether oxygens (including phenoxy) is 3. The first-order valence-electron chi connectivity index (χ1n) is 32.8. The Balaban J connectivity index is 2.62. The Kier molecular flexibility index (Phi) is 52.2. The number of amides is 1. The molecule has 0 bridgehead atoms. The van der Waals surface area contributed by atoms with Crippen molar-refractivity contribution in [3.63, 3.8) is 0 Å². The number of esters is 1. The third kappa shape index (κ3) is 43.5. The summed E-state index contributed by atoms with van der Waals surface area (Å²) < 4.78 is 17.5. The number of aliphatic hydroxyl groups is 5. The molecule has 1 aliphatic rings. The van der Waals surface area contributed by atoms with Gasteiger partial charge in [-0.3, -0.25) is 9.59 Å². The van der Waals surface area contributed by atoms with Gasteiger partial charge in [-0.1, -0.05) is 312 Å². The Bertz CT molecular complexity index is 1560. The van der Waals surface area contributed by atoms with Gasteiger partial charge in [0.2, 0.25) is 5.91 Å². The lowest BCUT2D eigenvalue weighted by molar-refractivity contribution is -0.305. The summed E-state index contributed by atoms with van der Waals surface area (Å²) in [7, 11) is 0. The summed E-state index contributed by atoms with van der Waals surface area (Å²) in [5.74, 6) is -1.27. The van der Waals surface area contributed by atoms with Gasteiger partial charge in [-0.05, 0) is 38.5 Å². The average molecular weight is 1110 g/mol. The molecule has 1 aliphatic heterocycles. The van der Waals surface area contributed by atoms with Crippen LogP contribution in [0.1, 0.15) is 284 Å². The van der Waals surface area contributed by atoms with E-state index in [9.17, 15) is 35.1 Å². The molecule has 0 aromatic carbocycles. The summed E-state index contributed by atoms with van der Waals surface area (Å²) in [6.07, 6.45) is 61.1. The molecule has 8 unspecified atom stereocenters. The Morgan fingerprint density at radius 1 is 0.506 bits per heavy atom. The van der Waals surface area contributed by atoms with E-state index in [1.54, 1.807) is 6.08 Å². The molecule has 0 saturated carbocycles. The van der Waals surface area contributed by atoms with E-state index in [0.717, 1.165) is 44.9 Å². The van der Waals surface area contributed by atoms with E-state index in [1.165, 1.54) is 186 Å². The number of allylic oxidation sites excluding steroid dienone is 11. The molecular formula is C68H121NO10. The van der Waals surface area contributed by atoms with Crippen LogP contribution in [0.4, 0.5) is 0 Å². The molecule has 1 rings (SSSR count). The van der Waals surface area contributed by atoms with Crippen LogP contribution in [0.5, 0.6) is 0 Å². The van der Waals surface area contributed by atoms with Gasteiger partial charge in [0, 0.05) is 6.42 Å². The molecule has 1 fully saturated rings. The zero-order chi connectivity index (χ0) is 57.5. The Labute approximate surface area is 483 Å². The number of nitrogens with one attached hydrogen (secondary N) is 1. The van der Waals surface area contributed by atoms with Crippen LogP contribution in [0.2, 0.25) is 0 Å². The summed E-state index contributed by atoms with van der Waals surface area (Å²) in [5.41, 5.74) is 0. The first-order valence-corrected chi connectivity index (χ1v) is 32.8. The first kappa shape index (κ1) is 74.1. The van der Waals surface area contributed by atoms with E-state index < -0.39 is 67.4 Å². The molecule has 6 N–H and O–H groups in total. The largest absolute Gasteiger partial charge is 0.454 e. The molecule has 0 aromatic rings. The molecule has 1 amide bonds. The van der Waals surface area contributed by atoms with Crippen LogP contribution in [-0.4, -0.2) is 99.6 Å². The number of rotatable bonds is 55. The Hall–Kier alpha value is -2.90. The van der Waals surface area contributed by atoms with Crippen molar-refractivity contribution in [3.8, 4) is 0 Å². The number of hydrogen-bond acceptors (Lipinski definition) is 10. The van der Waals surface area contributed by atoms with Crippen molar-refractivity contribution in [2.24, 2.45) is 0 Å². The van der Waals surface area contributed by atoms with Crippen LogP contribution in [0.25, 0.3) is 0 Å². The lowest BCUT2D eigenvalue weighted by atomic mass is 9.99. The van der Waals surface area contributed by atoms with Crippen molar-refractivity contribution in [1.82, 2.24) is 5.32 Å². The highest BCUT2D eigenvalue weighted by molar-refractivity contribution is 5.80. The number of carbonyl (C=O) groups is 2. The topological polar surface area (TPSA) is 175 Å². The molecule has 1 saturated heterocycles. The number of aliphatic hydroxyl groups excluding tert-OH is 5. The molecule has 0 radical (unpaired) electrons. The Morgan fingerprint density at radius 3 is 1.35 bits per heavy atom. The average Bonchev–Trinajstić information content (AvgIpc) is 3.49. The molecule has 458 valence electrons. The third-order valence-electron chi connectivity index (χ3n) is 15.3. The molecule has 79 heavy (non-hydrogen) atoms. The van der Waals surface area contributed by atoms with E-state index in [0.29, 0.717) is 19.3 Å². The summed E-state index contributed by atoms with van der Waals surface area (Å²) in [6, 6.07) is -1.04. The van der Waals surface area contributed by atoms with Gasteiger partial charge in [0.1, 0.15) is 24.4 Å². The highest BCUT2D eigenvalue weighted by Crippen LogP contribution is 2.26. The van der Waals surface area contributed by atoms with Crippen LogP contribution in [0.15, 0.2) is 72.9 Å². The van der Waals surface area contributed by atoms with Crippen molar-refractivity contribution in [2.45, 2.75) is 333 Å². The monoisotopic (exact) mass is 1110 g/mol. The molecule has 0 spiro atoms. The van der Waals surface area contributed by atoms with Gasteiger partial charge < -0.3 is 45.1 Å². The number of carbonyl (C=O) groups excluding carboxylic acids is 2. The predicted molar refractivity (Wildman–Crippen MR) is 329 cm³/mol. The van der Waals surface area contributed by atoms with Crippen molar-refractivity contribution >= 4 is 11.9 Å². The van der Waals surface area contributed by atoms with Gasteiger partial charge in [0.15, 0.2) is 12.4 Å². The fraction of sp³-hybridized carbons (Fsp3) is 0.794. The quantitative estimate of drug-likeness (QED) is 0.0149. The first-order chi connectivity index (χ1) is 38.7. The highest BCUT2D eigenvalue weighted by Gasteiger charge is 2.47. The Morgan fingerprint density at radius 2 is 0.911 bits per heavy atom. The highest BCUT2D eigenvalue weighted by atomic mass is 16.7. The third-order valence-corrected chi connectivity index (χ3v) is 15.3. The van der Waals surface area contributed by atoms with Gasteiger partial charge in [0.25, 0.3) is 0 Å². The smallest absolute Gasteiger partial charge is 0.306 e. The maximum absolute atomic E-state index is 13.5. The second-order valence-corrected chi connectivity index (χ2v) is 22.6. The van der Waals surface area contributed by atoms with E-state index in [2.05, 4.69) is 32.2 Å². The van der Waals surface area contributed by atoms with Crippen LogP contribution >= 0.6 is 0 Å². The van der Waals surface area contributed by atoms with E-state index in [1.807, 2.05) is 60.8 Å². The summed E-state index contributed by atoms with van der Waals surface area (Å²) in [5, 5.41) is 57.0. The van der Waals surface area contributed by atoms with Crippen LogP contribution in [-0.2, 0) is 23.8 Å². The van der Waals surface area contributed by atoms with Crippen LogP contribution < -0.4 is 5.32 Å². The molecule has 0 aromatic heterocycles. The SMILES string of the molecule is CC/C=C/C=C/C=C\C=C/C=C/CCCC(=O)OC1C(OCC(NC(=O)C(O)CCCCCCCCCCCCCCCCCCCCCCCCCC)C(O)/C=C/CCCCCCCCCCCCC)OC(CO)C(O)C1O. The van der Waals surface area contributed by atoms with Gasteiger partial charge in [-0.2, -0.15) is 0 Å². The molecule has 11 heteroatoms. The number of hydrogen-bond donors (Lipinski definition) is 6. The fourth-order valence-electron chi connectivity index (χ4n) is 10.1. The van der Waals surface area contributed by atoms with Gasteiger partial charge >= 0.3 is 5.97 Å². The molecule has 11 nitrogen and oxygen atoms in total. The zero-order valence-electron chi connectivity index (χ0n) is 50.7. The zero-order valence-corrected chi connectivity index (χ0v) is 50.7. The molecule has 1 heterocycles. The molecule has 8 atom stereocenters. The van der Waals surface area contributed by atoms with Crippen LogP contribution in [0.3, 0.4) is 0 Å². The van der Waals surface area contributed by atoms with Crippen molar-refractivity contribution in [2.75, 3.05) is 13.2 Å². The summed E-state index contributed by atoms with van der Waals surface area (Å²) in [6.45, 7) is 5.63. The predicted octanol–water partition coefficient (Wildman–Crippen LogP) is 16.0. The van der Waals surface area contributed by atoms with Gasteiger partial charge in [-0.25, -0.2) is 0 Å². The maximum atomic E-state index is 13.5. The second-order valence-electron chi connectivity index (χ2n) is 22.6. The number of unbranched alkanes of at least 4 members (excludes halogenated alkanes) is 35. The summed E-state index contributed by atoms with van der Waals surface area (Å²) >= 11 is 0. The van der Waals surface area contributed by atoms with Crippen LogP contribution in [0, 0.1) is 0 Å².